The molecule has 7 heteroatoms. The normalized spacial score (nSPS) is 17.6. The van der Waals surface area contributed by atoms with Gasteiger partial charge in [0.25, 0.3) is 0 Å². The van der Waals surface area contributed by atoms with Crippen molar-refractivity contribution in [2.75, 3.05) is 0 Å². The monoisotopic (exact) mass is 372 g/mol. The number of halogens is 6. The fourth-order valence-corrected chi connectivity index (χ4v) is 3.81. The Labute approximate surface area is 143 Å². The molecule has 25 heavy (non-hydrogen) atoms. The van der Waals surface area contributed by atoms with Gasteiger partial charge < -0.3 is 0 Å². The number of alkyl halides is 6. The van der Waals surface area contributed by atoms with Crippen LogP contribution in [0.3, 0.4) is 0 Å². The van der Waals surface area contributed by atoms with Gasteiger partial charge in [0.2, 0.25) is 0 Å². The van der Waals surface area contributed by atoms with Crippen LogP contribution in [-0.2, 0) is 12.4 Å². The van der Waals surface area contributed by atoms with Gasteiger partial charge in [0.05, 0.1) is 11.1 Å². The van der Waals surface area contributed by atoms with E-state index in [1.165, 1.54) is 6.07 Å². The molecule has 0 N–H and O–H groups in total. The van der Waals surface area contributed by atoms with E-state index in [2.05, 4.69) is 0 Å². The maximum absolute atomic E-state index is 13.4. The van der Waals surface area contributed by atoms with Crippen molar-refractivity contribution in [1.29, 1.82) is 0 Å². The van der Waals surface area contributed by atoms with Gasteiger partial charge in [-0.2, -0.15) is 26.3 Å². The Kier molecular flexibility index (Phi) is 4.10. The van der Waals surface area contributed by atoms with E-state index >= 15 is 0 Å². The summed E-state index contributed by atoms with van der Waals surface area (Å²) in [6.45, 7) is 1.92. The van der Waals surface area contributed by atoms with Crippen molar-refractivity contribution in [3.63, 3.8) is 0 Å². The Morgan fingerprint density at radius 3 is 2.16 bits per heavy atom. The number of allylic oxidation sites excluding steroid dienone is 1. The molecule has 0 saturated carbocycles. The summed E-state index contributed by atoms with van der Waals surface area (Å²) in [7, 11) is 0.816. The highest BCUT2D eigenvalue weighted by molar-refractivity contribution is 6.16. The largest absolute Gasteiger partial charge is 0.417 e. The van der Waals surface area contributed by atoms with E-state index in [9.17, 15) is 26.3 Å². The van der Waals surface area contributed by atoms with Crippen LogP contribution < -0.4 is 0 Å². The average molecular weight is 372 g/mol. The summed E-state index contributed by atoms with van der Waals surface area (Å²) >= 11 is 0. The maximum atomic E-state index is 13.4. The second-order valence-electron chi connectivity index (χ2n) is 6.17. The van der Waals surface area contributed by atoms with Crippen molar-refractivity contribution in [2.24, 2.45) is 0 Å². The fraction of sp³-hybridized carbons (Fsp3) is 0.222. The predicted octanol–water partition coefficient (Wildman–Crippen LogP) is 5.21. The molecule has 1 unspecified atom stereocenters. The molecule has 132 valence electrons. The van der Waals surface area contributed by atoms with Crippen molar-refractivity contribution in [3.05, 3.63) is 64.2 Å². The average Bonchev–Trinajstić information content (AvgIpc) is 2.80. The minimum atomic E-state index is -4.88. The van der Waals surface area contributed by atoms with Gasteiger partial charge in [-0.25, -0.2) is 0 Å². The highest BCUT2D eigenvalue weighted by Gasteiger charge is 2.39. The van der Waals surface area contributed by atoms with Crippen LogP contribution >= 0.6 is 0 Å². The van der Waals surface area contributed by atoms with Gasteiger partial charge in [0.15, 0.2) is 0 Å². The van der Waals surface area contributed by atoms with Gasteiger partial charge in [0, 0.05) is 10.2 Å². The van der Waals surface area contributed by atoms with Gasteiger partial charge in [0.1, 0.15) is 0 Å². The van der Waals surface area contributed by atoms with E-state index in [-0.39, 0.29) is 17.2 Å². The molecule has 2 aromatic rings. The summed E-state index contributed by atoms with van der Waals surface area (Å²) in [6, 6.07) is 6.86. The molecule has 0 nitrogen and oxygen atoms in total. The predicted molar refractivity (Wildman–Crippen MR) is 88.2 cm³/mol. The van der Waals surface area contributed by atoms with Crippen molar-refractivity contribution in [1.82, 2.24) is 0 Å². The van der Waals surface area contributed by atoms with Gasteiger partial charge in [-0.1, -0.05) is 35.9 Å². The van der Waals surface area contributed by atoms with Crippen LogP contribution in [0, 0.1) is 0 Å². The Balaban J connectivity index is 2.27. The molecule has 0 spiro atoms. The van der Waals surface area contributed by atoms with Crippen LogP contribution in [0.4, 0.5) is 26.3 Å². The van der Waals surface area contributed by atoms with Gasteiger partial charge in [-0.05, 0) is 46.9 Å². The molecule has 0 amide bonds. The molecule has 0 aromatic heterocycles. The van der Waals surface area contributed by atoms with Crippen LogP contribution in [0.15, 0.2) is 42.0 Å². The molecule has 2 aromatic carbocycles. The van der Waals surface area contributed by atoms with Crippen molar-refractivity contribution in [2.45, 2.75) is 24.8 Å². The zero-order valence-corrected chi connectivity index (χ0v) is 15.4. The van der Waals surface area contributed by atoms with Crippen molar-refractivity contribution in [3.8, 4) is 11.1 Å². The summed E-state index contributed by atoms with van der Waals surface area (Å²) in [5.74, 6) is 0. The number of benzene rings is 2. The third-order valence-electron chi connectivity index (χ3n) is 4.60. The standard InChI is InChI=1S/C18H14F6Si/c1-9-7-14-11(3-2-4-13(14)16(9)25)12-6-5-10(17(19,20)21)8-15(12)18(22,23)24/h2-8,16H,1,25H3. The molecule has 0 radical (unpaired) electrons. The summed E-state index contributed by atoms with van der Waals surface area (Å²) in [6.07, 6.45) is -7.87. The molecule has 1 aliphatic rings. The molecule has 1 atom stereocenters. The molecule has 0 saturated heterocycles. The van der Waals surface area contributed by atoms with Crippen molar-refractivity contribution < 1.29 is 26.3 Å². The fourth-order valence-electron chi connectivity index (χ4n) is 3.14. The molecule has 0 fully saturated rings. The molecular weight excluding hydrogens is 358 g/mol. The lowest BCUT2D eigenvalue weighted by molar-refractivity contribution is -0.142. The van der Waals surface area contributed by atoms with Crippen LogP contribution in [0.5, 0.6) is 0 Å². The maximum Gasteiger partial charge on any atom is 0.417 e. The summed E-state index contributed by atoms with van der Waals surface area (Å²) in [4.78, 5) is 0. The number of rotatable bonds is 1. The Hall–Kier alpha value is -2.02. The highest BCUT2D eigenvalue weighted by Crippen LogP contribution is 2.45. The quantitative estimate of drug-likeness (QED) is 0.476. The lowest BCUT2D eigenvalue weighted by atomic mass is 9.92. The Morgan fingerprint density at radius 2 is 1.56 bits per heavy atom. The van der Waals surface area contributed by atoms with E-state index in [1.807, 2.05) is 19.1 Å². The van der Waals surface area contributed by atoms with E-state index in [0.29, 0.717) is 17.2 Å². The first-order chi connectivity index (χ1) is 11.5. The van der Waals surface area contributed by atoms with E-state index in [1.54, 1.807) is 6.07 Å². The zero-order valence-electron chi connectivity index (χ0n) is 13.4. The zero-order chi connectivity index (χ0) is 18.6. The first kappa shape index (κ1) is 17.8. The Bertz CT molecular complexity index is 861. The van der Waals surface area contributed by atoms with Crippen LogP contribution in [0.25, 0.3) is 17.2 Å². The molecule has 1 aliphatic carbocycles. The van der Waals surface area contributed by atoms with Crippen LogP contribution in [0.1, 0.15) is 34.7 Å². The first-order valence-corrected chi connectivity index (χ1v) is 8.75. The third-order valence-corrected chi connectivity index (χ3v) is 6.14. The highest BCUT2D eigenvalue weighted by atomic mass is 28.1. The van der Waals surface area contributed by atoms with E-state index in [0.717, 1.165) is 27.4 Å². The SMILES string of the molecule is CC1=Cc2c(-c3ccc(C(F)(F)F)cc3C(F)(F)F)cccc2C1[SiH3]. The lowest BCUT2D eigenvalue weighted by Crippen LogP contribution is -2.12. The van der Waals surface area contributed by atoms with Gasteiger partial charge in [-0.15, -0.1) is 0 Å². The Morgan fingerprint density at radius 1 is 0.880 bits per heavy atom. The summed E-state index contributed by atoms with van der Waals surface area (Å²) < 4.78 is 78.8. The first-order valence-electron chi connectivity index (χ1n) is 7.60. The topological polar surface area (TPSA) is 0 Å². The molecular formula is C18H14F6Si. The minimum absolute atomic E-state index is 0.193. The number of hydrogen-bond donors (Lipinski definition) is 0. The van der Waals surface area contributed by atoms with E-state index < -0.39 is 23.5 Å². The van der Waals surface area contributed by atoms with Crippen LogP contribution in [0.2, 0.25) is 0 Å². The number of hydrogen-bond acceptors (Lipinski definition) is 0. The summed E-state index contributed by atoms with van der Waals surface area (Å²) in [5.41, 5.74) is 0.406. The minimum Gasteiger partial charge on any atom is -0.166 e. The third kappa shape index (κ3) is 3.12. The van der Waals surface area contributed by atoms with E-state index in [4.69, 9.17) is 0 Å². The molecule has 0 heterocycles. The van der Waals surface area contributed by atoms with Gasteiger partial charge >= 0.3 is 12.4 Å². The molecule has 0 aliphatic heterocycles. The van der Waals surface area contributed by atoms with Gasteiger partial charge in [-0.3, -0.25) is 0 Å². The summed E-state index contributed by atoms with van der Waals surface area (Å²) in [5, 5.41) is 0. The smallest absolute Gasteiger partial charge is 0.166 e. The number of fused-ring (bicyclic) bond motifs is 1. The lowest BCUT2D eigenvalue weighted by Gasteiger charge is -2.18. The van der Waals surface area contributed by atoms with Crippen LogP contribution in [-0.4, -0.2) is 10.2 Å². The molecule has 0 bridgehead atoms. The second kappa shape index (κ2) is 5.76. The van der Waals surface area contributed by atoms with Crippen molar-refractivity contribution >= 4 is 16.3 Å². The molecule has 3 rings (SSSR count). The second-order valence-corrected chi connectivity index (χ2v) is 7.33.